The monoisotopic (exact) mass is 310 g/mol. The molecule has 0 bridgehead atoms. The summed E-state index contributed by atoms with van der Waals surface area (Å²) in [7, 11) is 0. The van der Waals surface area contributed by atoms with E-state index < -0.39 is 0 Å². The molecule has 0 amide bonds. The highest BCUT2D eigenvalue weighted by molar-refractivity contribution is 6.52. The highest BCUT2D eigenvalue weighted by atomic mass is 16.5. The second-order valence-corrected chi connectivity index (χ2v) is 8.03. The largest absolute Gasteiger partial charge is 0.486 e. The summed E-state index contributed by atoms with van der Waals surface area (Å²) in [6, 6.07) is 7.32. The van der Waals surface area contributed by atoms with Gasteiger partial charge in [-0.3, -0.25) is 9.59 Å². The Labute approximate surface area is 136 Å². The number of carbonyl (C=O) groups excluding carboxylic acids is 2. The number of allylic oxidation sites excluding steroid dienone is 1. The summed E-state index contributed by atoms with van der Waals surface area (Å²) in [4.78, 5) is 25.1. The smallest absolute Gasteiger partial charge is 0.234 e. The molecule has 23 heavy (non-hydrogen) atoms. The molecular formula is C20H22O3. The van der Waals surface area contributed by atoms with Gasteiger partial charge in [0, 0.05) is 22.6 Å². The number of hydrogen-bond acceptors (Lipinski definition) is 3. The van der Waals surface area contributed by atoms with Gasteiger partial charge in [-0.25, -0.2) is 0 Å². The number of hydrogen-bond donors (Lipinski definition) is 0. The molecule has 4 rings (SSSR count). The van der Waals surface area contributed by atoms with Crippen molar-refractivity contribution in [3.63, 3.8) is 0 Å². The molecule has 0 saturated heterocycles. The van der Waals surface area contributed by atoms with Gasteiger partial charge in [0.1, 0.15) is 11.4 Å². The van der Waals surface area contributed by atoms with Crippen LogP contribution in [0.3, 0.4) is 0 Å². The first-order chi connectivity index (χ1) is 10.8. The van der Waals surface area contributed by atoms with Crippen molar-refractivity contribution in [3.8, 4) is 0 Å². The number of ketones is 2. The topological polar surface area (TPSA) is 43.4 Å². The zero-order valence-electron chi connectivity index (χ0n) is 13.9. The first-order valence-electron chi connectivity index (χ1n) is 8.44. The van der Waals surface area contributed by atoms with Gasteiger partial charge in [-0.2, -0.15) is 0 Å². The van der Waals surface area contributed by atoms with Crippen LogP contribution in [0.2, 0.25) is 0 Å². The minimum absolute atomic E-state index is 0.117. The average Bonchev–Trinajstić information content (AvgIpc) is 2.51. The van der Waals surface area contributed by atoms with Crippen molar-refractivity contribution in [3.05, 3.63) is 41.0 Å². The molecule has 1 aromatic carbocycles. The lowest BCUT2D eigenvalue weighted by Crippen LogP contribution is -2.52. The Morgan fingerprint density at radius 3 is 2.43 bits per heavy atom. The number of Topliss-reactive ketones (excluding diaryl/α,β-unsaturated/α-hetero) is 2. The number of ether oxygens (including phenoxy) is 1. The van der Waals surface area contributed by atoms with E-state index >= 15 is 0 Å². The van der Waals surface area contributed by atoms with E-state index in [-0.39, 0.29) is 28.5 Å². The fourth-order valence-electron chi connectivity index (χ4n) is 4.83. The number of benzene rings is 1. The molecule has 3 aliphatic rings. The Hall–Kier alpha value is -1.90. The standard InChI is InChI=1S/C20H22O3/c1-19(2)9-6-10-20(3)15(19)11-14-17(22)16(21)12-7-4-5-8-13(12)18(14)23-20/h4-5,7-8,15H,6,9-11H2,1-3H3. The van der Waals surface area contributed by atoms with E-state index in [0.717, 1.165) is 24.8 Å². The third kappa shape index (κ3) is 1.95. The zero-order valence-corrected chi connectivity index (χ0v) is 13.9. The fourth-order valence-corrected chi connectivity index (χ4v) is 4.83. The molecule has 120 valence electrons. The Bertz CT molecular complexity index is 756. The molecule has 0 aromatic heterocycles. The molecule has 1 aliphatic heterocycles. The van der Waals surface area contributed by atoms with E-state index in [2.05, 4.69) is 20.8 Å². The highest BCUT2D eigenvalue weighted by Gasteiger charge is 2.53. The van der Waals surface area contributed by atoms with Crippen LogP contribution >= 0.6 is 0 Å². The van der Waals surface area contributed by atoms with Crippen molar-refractivity contribution < 1.29 is 14.3 Å². The van der Waals surface area contributed by atoms with E-state index in [4.69, 9.17) is 4.74 Å². The maximum absolute atomic E-state index is 12.6. The maximum Gasteiger partial charge on any atom is 0.234 e. The third-order valence-electron chi connectivity index (χ3n) is 6.09. The molecule has 2 unspecified atom stereocenters. The molecule has 0 N–H and O–H groups in total. The second-order valence-electron chi connectivity index (χ2n) is 8.03. The van der Waals surface area contributed by atoms with Gasteiger partial charge in [-0.1, -0.05) is 38.1 Å². The summed E-state index contributed by atoms with van der Waals surface area (Å²) in [5, 5.41) is 0. The maximum atomic E-state index is 12.6. The van der Waals surface area contributed by atoms with E-state index in [1.807, 2.05) is 12.1 Å². The second kappa shape index (κ2) is 4.56. The Morgan fingerprint density at radius 1 is 1.00 bits per heavy atom. The Balaban J connectivity index is 1.89. The summed E-state index contributed by atoms with van der Waals surface area (Å²) in [5.74, 6) is 0.161. The molecule has 2 atom stereocenters. The average molecular weight is 310 g/mol. The van der Waals surface area contributed by atoms with Crippen molar-refractivity contribution in [2.24, 2.45) is 11.3 Å². The Kier molecular flexibility index (Phi) is 2.91. The predicted molar refractivity (Wildman–Crippen MR) is 87.9 cm³/mol. The third-order valence-corrected chi connectivity index (χ3v) is 6.09. The van der Waals surface area contributed by atoms with Gasteiger partial charge in [-0.15, -0.1) is 0 Å². The van der Waals surface area contributed by atoms with Gasteiger partial charge in [0.15, 0.2) is 0 Å². The van der Waals surface area contributed by atoms with Crippen molar-refractivity contribution in [1.82, 2.24) is 0 Å². The lowest BCUT2D eigenvalue weighted by molar-refractivity contribution is -0.118. The van der Waals surface area contributed by atoms with Crippen molar-refractivity contribution in [2.75, 3.05) is 0 Å². The van der Waals surface area contributed by atoms with Crippen molar-refractivity contribution >= 4 is 17.3 Å². The van der Waals surface area contributed by atoms with Gasteiger partial charge in [-0.05, 0) is 38.0 Å². The Morgan fingerprint density at radius 2 is 1.70 bits per heavy atom. The van der Waals surface area contributed by atoms with Crippen molar-refractivity contribution in [1.29, 1.82) is 0 Å². The van der Waals surface area contributed by atoms with Crippen LogP contribution in [0.15, 0.2) is 29.8 Å². The first kappa shape index (κ1) is 14.7. The van der Waals surface area contributed by atoms with Crippen molar-refractivity contribution in [2.45, 2.75) is 52.1 Å². The molecule has 0 radical (unpaired) electrons. The van der Waals surface area contributed by atoms with Gasteiger partial charge >= 0.3 is 0 Å². The summed E-state index contributed by atoms with van der Waals surface area (Å²) in [6.45, 7) is 6.69. The van der Waals surface area contributed by atoms with Crippen LogP contribution in [-0.2, 0) is 9.53 Å². The number of carbonyl (C=O) groups is 2. The number of fused-ring (bicyclic) bond motifs is 3. The van der Waals surface area contributed by atoms with Crippen LogP contribution in [0, 0.1) is 11.3 Å². The van der Waals surface area contributed by atoms with Crippen LogP contribution in [-0.4, -0.2) is 17.2 Å². The number of rotatable bonds is 0. The van der Waals surface area contributed by atoms with Crippen LogP contribution in [0.5, 0.6) is 0 Å². The quantitative estimate of drug-likeness (QED) is 0.676. The normalized spacial score (nSPS) is 31.9. The van der Waals surface area contributed by atoms with E-state index in [1.54, 1.807) is 12.1 Å². The minimum Gasteiger partial charge on any atom is -0.486 e. The lowest BCUT2D eigenvalue weighted by Gasteiger charge is -2.54. The minimum atomic E-state index is -0.389. The summed E-state index contributed by atoms with van der Waals surface area (Å²) < 4.78 is 6.47. The predicted octanol–water partition coefficient (Wildman–Crippen LogP) is 4.17. The lowest BCUT2D eigenvalue weighted by atomic mass is 9.58. The molecule has 3 heteroatoms. The molecule has 1 aromatic rings. The van der Waals surface area contributed by atoms with Crippen LogP contribution in [0.4, 0.5) is 0 Å². The molecular weight excluding hydrogens is 288 g/mol. The van der Waals surface area contributed by atoms with E-state index in [0.29, 0.717) is 23.3 Å². The van der Waals surface area contributed by atoms with E-state index in [9.17, 15) is 9.59 Å². The zero-order chi connectivity index (χ0) is 16.4. The SMILES string of the molecule is CC1(C)CCCC2(C)OC3=C(CC12)C(=O)C(=O)c1ccccc13. The molecule has 2 aliphatic carbocycles. The summed E-state index contributed by atoms with van der Waals surface area (Å²) in [6.07, 6.45) is 3.93. The van der Waals surface area contributed by atoms with Crippen LogP contribution in [0.25, 0.3) is 5.76 Å². The summed E-state index contributed by atoms with van der Waals surface area (Å²) in [5.41, 5.74) is 1.72. The molecule has 1 saturated carbocycles. The van der Waals surface area contributed by atoms with Crippen LogP contribution in [0.1, 0.15) is 62.4 Å². The molecule has 1 heterocycles. The highest BCUT2D eigenvalue weighted by Crippen LogP contribution is 2.56. The van der Waals surface area contributed by atoms with Gasteiger partial charge in [0.25, 0.3) is 0 Å². The first-order valence-corrected chi connectivity index (χ1v) is 8.44. The van der Waals surface area contributed by atoms with Gasteiger partial charge in [0.05, 0.1) is 0 Å². The molecule has 1 fully saturated rings. The van der Waals surface area contributed by atoms with Gasteiger partial charge in [0.2, 0.25) is 11.6 Å². The van der Waals surface area contributed by atoms with Crippen LogP contribution < -0.4 is 0 Å². The van der Waals surface area contributed by atoms with Gasteiger partial charge < -0.3 is 4.74 Å². The molecule has 0 spiro atoms. The fraction of sp³-hybridized carbons (Fsp3) is 0.500. The van der Waals surface area contributed by atoms with E-state index in [1.165, 1.54) is 0 Å². The summed E-state index contributed by atoms with van der Waals surface area (Å²) >= 11 is 0. The molecule has 3 nitrogen and oxygen atoms in total.